The van der Waals surface area contributed by atoms with Crippen LogP contribution in [0, 0.1) is 0 Å². The normalized spacial score (nSPS) is 14.2. The Morgan fingerprint density at radius 1 is 0.897 bits per heavy atom. The summed E-state index contributed by atoms with van der Waals surface area (Å²) in [5.74, 6) is 0. The number of nitrogens with zero attached hydrogens (tertiary/aromatic N) is 3. The number of para-hydroxylation sites is 2. The van der Waals surface area contributed by atoms with Crippen molar-refractivity contribution in [2.75, 3.05) is 22.3 Å². The monoisotopic (exact) mass is 404 g/mol. The molecule has 0 amide bonds. The zero-order valence-electron chi connectivity index (χ0n) is 15.7. The summed E-state index contributed by atoms with van der Waals surface area (Å²) >= 11 is 0. The SMILES string of the molecule is O=S(=O)(c1cccc2ccccc12)N1CCN(Cc2c[nH]cn2)c2ccccc21. The van der Waals surface area contributed by atoms with E-state index in [0.29, 0.717) is 30.2 Å². The third kappa shape index (κ3) is 3.03. The molecule has 6 nitrogen and oxygen atoms in total. The largest absolute Gasteiger partial charge is 0.362 e. The minimum absolute atomic E-state index is 0.339. The first-order valence-electron chi connectivity index (χ1n) is 9.47. The molecule has 1 aliphatic rings. The summed E-state index contributed by atoms with van der Waals surface area (Å²) < 4.78 is 28.9. The van der Waals surface area contributed by atoms with Crippen molar-refractivity contribution < 1.29 is 8.42 Å². The van der Waals surface area contributed by atoms with Crippen molar-refractivity contribution in [3.8, 4) is 0 Å². The van der Waals surface area contributed by atoms with Gasteiger partial charge in [-0.05, 0) is 23.6 Å². The number of H-pyrrole nitrogens is 1. The Kier molecular flexibility index (Phi) is 4.24. The van der Waals surface area contributed by atoms with Crippen LogP contribution in [0.3, 0.4) is 0 Å². The smallest absolute Gasteiger partial charge is 0.265 e. The highest BCUT2D eigenvalue weighted by Crippen LogP contribution is 2.38. The molecular weight excluding hydrogens is 384 g/mol. The van der Waals surface area contributed by atoms with E-state index in [2.05, 4.69) is 14.9 Å². The summed E-state index contributed by atoms with van der Waals surface area (Å²) in [5, 5.41) is 1.66. The van der Waals surface area contributed by atoms with Gasteiger partial charge in [0.1, 0.15) is 0 Å². The van der Waals surface area contributed by atoms with Crippen molar-refractivity contribution in [1.82, 2.24) is 9.97 Å². The highest BCUT2D eigenvalue weighted by Gasteiger charge is 2.32. The lowest BCUT2D eigenvalue weighted by atomic mass is 10.1. The van der Waals surface area contributed by atoms with Gasteiger partial charge < -0.3 is 9.88 Å². The second-order valence-corrected chi connectivity index (χ2v) is 8.86. The maximum Gasteiger partial charge on any atom is 0.265 e. The van der Waals surface area contributed by atoms with Crippen molar-refractivity contribution >= 4 is 32.2 Å². The number of hydrogen-bond donors (Lipinski definition) is 1. The molecule has 3 aromatic carbocycles. The molecule has 7 heteroatoms. The van der Waals surface area contributed by atoms with Gasteiger partial charge >= 0.3 is 0 Å². The number of benzene rings is 3. The number of hydrogen-bond acceptors (Lipinski definition) is 4. The predicted octanol–water partition coefficient (Wildman–Crippen LogP) is 3.78. The molecule has 1 aromatic heterocycles. The van der Waals surface area contributed by atoms with E-state index in [1.807, 2.05) is 60.8 Å². The molecule has 0 unspecified atom stereocenters. The predicted molar refractivity (Wildman–Crippen MR) is 115 cm³/mol. The van der Waals surface area contributed by atoms with Crippen LogP contribution in [-0.4, -0.2) is 31.5 Å². The highest BCUT2D eigenvalue weighted by atomic mass is 32.2. The van der Waals surface area contributed by atoms with E-state index in [1.165, 1.54) is 4.31 Å². The van der Waals surface area contributed by atoms with Gasteiger partial charge in [-0.3, -0.25) is 4.31 Å². The Hall–Kier alpha value is -3.32. The molecule has 0 saturated heterocycles. The van der Waals surface area contributed by atoms with Crippen LogP contribution >= 0.6 is 0 Å². The zero-order chi connectivity index (χ0) is 19.8. The maximum absolute atomic E-state index is 13.7. The number of sulfonamides is 1. The van der Waals surface area contributed by atoms with Crippen molar-refractivity contribution in [2.24, 2.45) is 0 Å². The topological polar surface area (TPSA) is 69.3 Å². The third-order valence-corrected chi connectivity index (χ3v) is 7.16. The van der Waals surface area contributed by atoms with E-state index in [4.69, 9.17) is 0 Å². The molecule has 0 aliphatic carbocycles. The first-order chi connectivity index (χ1) is 14.1. The van der Waals surface area contributed by atoms with Gasteiger partial charge in [0.05, 0.1) is 41.4 Å². The lowest BCUT2D eigenvalue weighted by molar-refractivity contribution is 0.588. The fraction of sp³-hybridized carbons (Fsp3) is 0.136. The standard InChI is InChI=1S/C22H20N4O2S/c27-29(28,22-11-5-7-17-6-1-2-8-19(17)22)26-13-12-25(15-18-14-23-16-24-18)20-9-3-4-10-21(20)26/h1-11,14,16H,12-13,15H2,(H,23,24). The number of nitrogens with one attached hydrogen (secondary N) is 1. The van der Waals surface area contributed by atoms with Crippen LogP contribution in [0.4, 0.5) is 11.4 Å². The van der Waals surface area contributed by atoms with Crippen molar-refractivity contribution in [3.05, 3.63) is 84.9 Å². The summed E-state index contributed by atoms with van der Waals surface area (Å²) in [6.07, 6.45) is 3.52. The van der Waals surface area contributed by atoms with Gasteiger partial charge in [-0.15, -0.1) is 0 Å². The summed E-state index contributed by atoms with van der Waals surface area (Å²) in [4.78, 5) is 9.78. The van der Waals surface area contributed by atoms with Crippen molar-refractivity contribution in [3.63, 3.8) is 0 Å². The van der Waals surface area contributed by atoms with E-state index in [9.17, 15) is 8.42 Å². The van der Waals surface area contributed by atoms with Crippen molar-refractivity contribution in [1.29, 1.82) is 0 Å². The molecule has 5 rings (SSSR count). The Morgan fingerprint density at radius 2 is 1.66 bits per heavy atom. The van der Waals surface area contributed by atoms with Crippen LogP contribution in [0.1, 0.15) is 5.69 Å². The molecule has 0 fully saturated rings. The average molecular weight is 404 g/mol. The second kappa shape index (κ2) is 6.93. The second-order valence-electron chi connectivity index (χ2n) is 7.03. The molecular formula is C22H20N4O2S. The molecule has 0 saturated carbocycles. The van der Waals surface area contributed by atoms with Gasteiger partial charge in [-0.2, -0.15) is 0 Å². The quantitative estimate of drug-likeness (QED) is 0.562. The van der Waals surface area contributed by atoms with E-state index < -0.39 is 10.0 Å². The molecule has 1 N–H and O–H groups in total. The molecule has 0 spiro atoms. The molecule has 29 heavy (non-hydrogen) atoms. The minimum Gasteiger partial charge on any atom is -0.362 e. The number of fused-ring (bicyclic) bond motifs is 2. The Bertz CT molecular complexity index is 1260. The highest BCUT2D eigenvalue weighted by molar-refractivity contribution is 7.93. The number of rotatable bonds is 4. The summed E-state index contributed by atoms with van der Waals surface area (Å²) in [5.41, 5.74) is 2.51. The van der Waals surface area contributed by atoms with Crippen LogP contribution in [0.2, 0.25) is 0 Å². The van der Waals surface area contributed by atoms with Crippen molar-refractivity contribution in [2.45, 2.75) is 11.4 Å². The van der Waals surface area contributed by atoms with E-state index in [0.717, 1.165) is 22.2 Å². The lowest BCUT2D eigenvalue weighted by Gasteiger charge is -2.38. The summed E-state index contributed by atoms with van der Waals surface area (Å²) in [7, 11) is -3.70. The van der Waals surface area contributed by atoms with Gasteiger partial charge in [0.2, 0.25) is 0 Å². The van der Waals surface area contributed by atoms with Crippen LogP contribution in [-0.2, 0) is 16.6 Å². The van der Waals surface area contributed by atoms with Gasteiger partial charge in [0, 0.05) is 18.1 Å². The Morgan fingerprint density at radius 3 is 2.48 bits per heavy atom. The van der Waals surface area contributed by atoms with Crippen LogP contribution in [0.5, 0.6) is 0 Å². The van der Waals surface area contributed by atoms with Gasteiger partial charge in [0.15, 0.2) is 0 Å². The van der Waals surface area contributed by atoms with Gasteiger partial charge in [-0.1, -0.05) is 48.5 Å². The van der Waals surface area contributed by atoms with Crippen LogP contribution < -0.4 is 9.21 Å². The molecule has 0 bridgehead atoms. The zero-order valence-corrected chi connectivity index (χ0v) is 16.5. The number of aromatic nitrogens is 2. The molecule has 2 heterocycles. The molecule has 0 atom stereocenters. The number of anilines is 2. The van der Waals surface area contributed by atoms with Gasteiger partial charge in [0.25, 0.3) is 10.0 Å². The third-order valence-electron chi connectivity index (χ3n) is 5.29. The fourth-order valence-corrected chi connectivity index (χ4v) is 5.61. The minimum atomic E-state index is -3.70. The first-order valence-corrected chi connectivity index (χ1v) is 10.9. The fourth-order valence-electron chi connectivity index (χ4n) is 3.92. The number of imidazole rings is 1. The van der Waals surface area contributed by atoms with Crippen LogP contribution in [0.15, 0.2) is 84.1 Å². The maximum atomic E-state index is 13.7. The molecule has 146 valence electrons. The first kappa shape index (κ1) is 17.8. The lowest BCUT2D eigenvalue weighted by Crippen LogP contribution is -2.43. The average Bonchev–Trinajstić information content (AvgIpc) is 3.26. The van der Waals surface area contributed by atoms with E-state index in [-0.39, 0.29) is 0 Å². The Labute approximate surface area is 169 Å². The van der Waals surface area contributed by atoms with Gasteiger partial charge in [-0.25, -0.2) is 13.4 Å². The van der Waals surface area contributed by atoms with Crippen LogP contribution in [0.25, 0.3) is 10.8 Å². The summed E-state index contributed by atoms with van der Waals surface area (Å²) in [6.45, 7) is 1.60. The van der Waals surface area contributed by atoms with E-state index >= 15 is 0 Å². The summed E-state index contributed by atoms with van der Waals surface area (Å²) in [6, 6.07) is 20.7. The number of aromatic amines is 1. The van der Waals surface area contributed by atoms with E-state index in [1.54, 1.807) is 18.5 Å². The Balaban J connectivity index is 1.58. The molecule has 0 radical (unpaired) electrons. The molecule has 1 aliphatic heterocycles. The molecule has 4 aromatic rings.